The van der Waals surface area contributed by atoms with Crippen LogP contribution in [0.3, 0.4) is 0 Å². The summed E-state index contributed by atoms with van der Waals surface area (Å²) in [6.45, 7) is 9.67. The first kappa shape index (κ1) is 35.2. The number of sulfonamides is 1. The third kappa shape index (κ3) is 8.57. The monoisotopic (exact) mass is 697 g/mol. The number of ether oxygens (including phenoxy) is 1. The minimum Gasteiger partial charge on any atom is -0.450 e. The second-order valence-corrected chi connectivity index (χ2v) is 14.8. The number of hydrogen-bond donors (Lipinski definition) is 2. The average molecular weight is 698 g/mol. The molecular weight excluding hydrogens is 651 g/mol. The first-order valence-corrected chi connectivity index (χ1v) is 19.1. The summed E-state index contributed by atoms with van der Waals surface area (Å²) in [6, 6.07) is 20.8. The molecular formula is C39H47N5O5S. The van der Waals surface area contributed by atoms with Gasteiger partial charge in [-0.25, -0.2) is 17.9 Å². The third-order valence-electron chi connectivity index (χ3n) is 9.75. The number of piperazine rings is 1. The standard InChI is InChI=1S/C39H47N5O5S/c1-3-49-39(46)44-21-19-33(20-22-44)40-37-18-17-35(27-29(37)2)50(47,48)41-38(45)31-13-15-34(16-14-31)43-25-23-42(24-26-43)28-32-11-7-8-12-36(32)30-9-5-4-6-10-30/h4-5,7-9,11-18,27,33,40H,3,6,10,19-26,28H2,1-2H3,(H,41,45). The highest BCUT2D eigenvalue weighted by Crippen LogP contribution is 2.28. The van der Waals surface area contributed by atoms with Gasteiger partial charge < -0.3 is 19.9 Å². The smallest absolute Gasteiger partial charge is 0.409 e. The molecule has 0 unspecified atom stereocenters. The van der Waals surface area contributed by atoms with E-state index < -0.39 is 15.9 Å². The summed E-state index contributed by atoms with van der Waals surface area (Å²) in [5.74, 6) is -0.670. The van der Waals surface area contributed by atoms with Crippen molar-refractivity contribution >= 4 is 39.0 Å². The van der Waals surface area contributed by atoms with Crippen molar-refractivity contribution in [2.24, 2.45) is 0 Å². The van der Waals surface area contributed by atoms with Gasteiger partial charge in [0.05, 0.1) is 11.5 Å². The van der Waals surface area contributed by atoms with Crippen molar-refractivity contribution in [2.75, 3.05) is 56.1 Å². The molecule has 11 heteroatoms. The van der Waals surface area contributed by atoms with Gasteiger partial charge in [0.2, 0.25) is 0 Å². The van der Waals surface area contributed by atoms with E-state index in [0.29, 0.717) is 19.7 Å². The van der Waals surface area contributed by atoms with E-state index in [1.165, 1.54) is 22.8 Å². The van der Waals surface area contributed by atoms with Gasteiger partial charge in [-0.2, -0.15) is 0 Å². The molecule has 0 spiro atoms. The molecule has 3 aromatic rings. The number of amides is 2. The summed E-state index contributed by atoms with van der Waals surface area (Å²) >= 11 is 0. The molecule has 2 heterocycles. The molecule has 6 rings (SSSR count). The fraction of sp³-hybridized carbons (Fsp3) is 0.385. The molecule has 0 bridgehead atoms. The Morgan fingerprint density at radius 3 is 2.34 bits per heavy atom. The van der Waals surface area contributed by atoms with E-state index in [-0.39, 0.29) is 22.6 Å². The van der Waals surface area contributed by atoms with E-state index in [0.717, 1.165) is 75.3 Å². The minimum absolute atomic E-state index is 0.0236. The van der Waals surface area contributed by atoms with E-state index in [2.05, 4.69) is 62.3 Å². The van der Waals surface area contributed by atoms with Crippen LogP contribution in [-0.2, 0) is 21.3 Å². The number of nitrogens with one attached hydrogen (secondary N) is 2. The van der Waals surface area contributed by atoms with Crippen LogP contribution in [0, 0.1) is 6.92 Å². The first-order chi connectivity index (χ1) is 24.2. The van der Waals surface area contributed by atoms with Gasteiger partial charge in [0.15, 0.2) is 0 Å². The second kappa shape index (κ2) is 15.9. The third-order valence-corrected chi connectivity index (χ3v) is 11.1. The van der Waals surface area contributed by atoms with Gasteiger partial charge >= 0.3 is 6.09 Å². The molecule has 10 nitrogen and oxygen atoms in total. The van der Waals surface area contributed by atoms with E-state index in [9.17, 15) is 18.0 Å². The number of rotatable bonds is 10. The van der Waals surface area contributed by atoms with Crippen LogP contribution in [0.4, 0.5) is 16.2 Å². The molecule has 3 aliphatic rings. The molecule has 0 radical (unpaired) electrons. The Morgan fingerprint density at radius 2 is 1.66 bits per heavy atom. The van der Waals surface area contributed by atoms with Crippen LogP contribution < -0.4 is 14.9 Å². The number of allylic oxidation sites excluding steroid dienone is 4. The zero-order valence-corrected chi connectivity index (χ0v) is 29.8. The molecule has 2 aliphatic heterocycles. The van der Waals surface area contributed by atoms with Crippen LogP contribution in [0.5, 0.6) is 0 Å². The number of benzene rings is 3. The molecule has 0 aromatic heterocycles. The zero-order valence-electron chi connectivity index (χ0n) is 28.9. The summed E-state index contributed by atoms with van der Waals surface area (Å²) < 4.78 is 33.7. The SMILES string of the molecule is CCOC(=O)N1CCC(Nc2ccc(S(=O)(=O)NC(=O)c3ccc(N4CCN(Cc5ccccc5C5=CC=CCC5)CC4)cc3)cc2C)CC1. The van der Waals surface area contributed by atoms with Crippen LogP contribution in [0.1, 0.15) is 59.7 Å². The van der Waals surface area contributed by atoms with Crippen LogP contribution in [0.2, 0.25) is 0 Å². The number of nitrogens with zero attached hydrogens (tertiary/aromatic N) is 3. The van der Waals surface area contributed by atoms with Crippen molar-refractivity contribution in [3.8, 4) is 0 Å². The van der Waals surface area contributed by atoms with Crippen molar-refractivity contribution in [2.45, 2.75) is 57.0 Å². The summed E-state index contributed by atoms with van der Waals surface area (Å²) in [6.07, 6.45) is 10.0. The van der Waals surface area contributed by atoms with Crippen LogP contribution in [0.15, 0.2) is 89.9 Å². The molecule has 3 aromatic carbocycles. The Bertz CT molecular complexity index is 1840. The van der Waals surface area contributed by atoms with Gasteiger partial charge in [0, 0.05) is 68.8 Å². The quantitative estimate of drug-likeness (QED) is 0.258. The summed E-state index contributed by atoms with van der Waals surface area (Å²) in [5.41, 5.74) is 6.97. The Morgan fingerprint density at radius 1 is 0.920 bits per heavy atom. The average Bonchev–Trinajstić information content (AvgIpc) is 3.13. The summed E-state index contributed by atoms with van der Waals surface area (Å²) in [5, 5.41) is 3.47. The van der Waals surface area contributed by atoms with Crippen molar-refractivity contribution in [1.82, 2.24) is 14.5 Å². The number of hydrogen-bond acceptors (Lipinski definition) is 8. The molecule has 264 valence electrons. The lowest BCUT2D eigenvalue weighted by atomic mass is 9.93. The molecule has 0 atom stereocenters. The number of likely N-dealkylation sites (tertiary alicyclic amines) is 1. The van der Waals surface area contributed by atoms with Gasteiger partial charge in [-0.05, 0) is 104 Å². The van der Waals surface area contributed by atoms with Crippen LogP contribution in [0.25, 0.3) is 5.57 Å². The number of carbonyl (C=O) groups is 2. The van der Waals surface area contributed by atoms with Gasteiger partial charge in [-0.1, -0.05) is 42.5 Å². The van der Waals surface area contributed by atoms with E-state index in [1.807, 2.05) is 19.1 Å². The van der Waals surface area contributed by atoms with Crippen LogP contribution >= 0.6 is 0 Å². The fourth-order valence-electron chi connectivity index (χ4n) is 6.87. The highest BCUT2D eigenvalue weighted by molar-refractivity contribution is 7.90. The maximum atomic E-state index is 13.2. The van der Waals surface area contributed by atoms with Crippen molar-refractivity contribution in [3.05, 3.63) is 107 Å². The topological polar surface area (TPSA) is 111 Å². The lowest BCUT2D eigenvalue weighted by Crippen LogP contribution is -2.46. The maximum Gasteiger partial charge on any atom is 0.409 e. The largest absolute Gasteiger partial charge is 0.450 e. The minimum atomic E-state index is -4.08. The lowest BCUT2D eigenvalue weighted by Gasteiger charge is -2.36. The molecule has 50 heavy (non-hydrogen) atoms. The van der Waals surface area contributed by atoms with Gasteiger partial charge in [-0.15, -0.1) is 0 Å². The van der Waals surface area contributed by atoms with Gasteiger partial charge in [0.1, 0.15) is 0 Å². The Kier molecular flexibility index (Phi) is 11.2. The number of aryl methyl sites for hydroxylation is 1. The predicted molar refractivity (Wildman–Crippen MR) is 198 cm³/mol. The number of carbonyl (C=O) groups excluding carboxylic acids is 2. The van der Waals surface area contributed by atoms with Crippen molar-refractivity contribution < 1.29 is 22.7 Å². The molecule has 2 fully saturated rings. The van der Waals surface area contributed by atoms with Gasteiger partial charge in [-0.3, -0.25) is 9.69 Å². The lowest BCUT2D eigenvalue weighted by molar-refractivity contribution is 0.0974. The van der Waals surface area contributed by atoms with E-state index >= 15 is 0 Å². The zero-order chi connectivity index (χ0) is 35.1. The summed E-state index contributed by atoms with van der Waals surface area (Å²) in [7, 11) is -4.08. The fourth-order valence-corrected chi connectivity index (χ4v) is 7.93. The maximum absolute atomic E-state index is 13.2. The van der Waals surface area contributed by atoms with Crippen molar-refractivity contribution in [3.63, 3.8) is 0 Å². The molecule has 2 saturated heterocycles. The molecule has 0 saturated carbocycles. The highest BCUT2D eigenvalue weighted by Gasteiger charge is 2.25. The highest BCUT2D eigenvalue weighted by atomic mass is 32.2. The Balaban J connectivity index is 0.997. The van der Waals surface area contributed by atoms with Crippen LogP contribution in [-0.4, -0.2) is 82.1 Å². The van der Waals surface area contributed by atoms with E-state index in [4.69, 9.17) is 4.74 Å². The Labute approximate surface area is 295 Å². The number of anilines is 2. The first-order valence-electron chi connectivity index (χ1n) is 17.6. The second-order valence-electron chi connectivity index (χ2n) is 13.1. The summed E-state index contributed by atoms with van der Waals surface area (Å²) in [4.78, 5) is 31.6. The normalized spacial score (nSPS) is 17.3. The number of piperidine rings is 1. The van der Waals surface area contributed by atoms with E-state index in [1.54, 1.807) is 36.1 Å². The van der Waals surface area contributed by atoms with Crippen molar-refractivity contribution in [1.29, 1.82) is 0 Å². The predicted octanol–water partition coefficient (Wildman–Crippen LogP) is 6.20. The van der Waals surface area contributed by atoms with Gasteiger partial charge in [0.25, 0.3) is 15.9 Å². The molecule has 2 amide bonds. The molecule has 2 N–H and O–H groups in total. The molecule has 1 aliphatic carbocycles. The Hall–Kier alpha value is -4.61.